The monoisotopic (exact) mass is 360 g/mol. The van der Waals surface area contributed by atoms with E-state index >= 15 is 0 Å². The number of carboxylic acids is 1. The minimum absolute atomic E-state index is 0.122. The maximum atomic E-state index is 12.3. The summed E-state index contributed by atoms with van der Waals surface area (Å²) in [5.41, 5.74) is 1.04. The molecule has 0 saturated heterocycles. The summed E-state index contributed by atoms with van der Waals surface area (Å²) in [5.74, 6) is -1.13. The second-order valence-electron chi connectivity index (χ2n) is 6.93. The summed E-state index contributed by atoms with van der Waals surface area (Å²) in [6.45, 7) is -0.189. The summed E-state index contributed by atoms with van der Waals surface area (Å²) in [6.07, 6.45) is 6.76. The molecule has 0 aromatic heterocycles. The number of benzene rings is 1. The molecule has 0 heterocycles. The van der Waals surface area contributed by atoms with Crippen molar-refractivity contribution in [3.63, 3.8) is 0 Å². The minimum atomic E-state index is -1.06. The average Bonchev–Trinajstić information content (AvgIpc) is 2.64. The Hall–Kier alpha value is -2.37. The second kappa shape index (κ2) is 10.6. The molecule has 6 nitrogen and oxygen atoms in total. The number of amides is 2. The Balaban J connectivity index is 1.79. The maximum absolute atomic E-state index is 12.3. The van der Waals surface area contributed by atoms with Gasteiger partial charge < -0.3 is 15.3 Å². The van der Waals surface area contributed by atoms with Crippen molar-refractivity contribution in [1.82, 2.24) is 10.2 Å². The predicted molar refractivity (Wildman–Crippen MR) is 98.6 cm³/mol. The fourth-order valence-corrected chi connectivity index (χ4v) is 3.38. The molecule has 0 bridgehead atoms. The molecule has 2 rings (SSSR count). The topological polar surface area (TPSA) is 86.7 Å². The van der Waals surface area contributed by atoms with E-state index in [1.54, 1.807) is 0 Å². The molecule has 1 aromatic rings. The molecule has 0 aliphatic heterocycles. The average molecular weight is 360 g/mol. The zero-order chi connectivity index (χ0) is 18.8. The van der Waals surface area contributed by atoms with E-state index in [1.807, 2.05) is 30.3 Å². The Morgan fingerprint density at radius 2 is 1.77 bits per heavy atom. The smallest absolute Gasteiger partial charge is 0.323 e. The van der Waals surface area contributed by atoms with Crippen LogP contribution in [0.4, 0.5) is 0 Å². The van der Waals surface area contributed by atoms with Crippen LogP contribution in [0.1, 0.15) is 44.1 Å². The number of nitrogens with one attached hydrogen (secondary N) is 1. The van der Waals surface area contributed by atoms with Gasteiger partial charge in [0.15, 0.2) is 0 Å². The van der Waals surface area contributed by atoms with Gasteiger partial charge in [-0.3, -0.25) is 14.4 Å². The van der Waals surface area contributed by atoms with Gasteiger partial charge in [-0.1, -0.05) is 49.6 Å². The molecular weight excluding hydrogens is 332 g/mol. The van der Waals surface area contributed by atoms with Crippen LogP contribution >= 0.6 is 0 Å². The Labute approximate surface area is 154 Å². The van der Waals surface area contributed by atoms with Crippen molar-refractivity contribution < 1.29 is 19.5 Å². The highest BCUT2D eigenvalue weighted by atomic mass is 16.4. The van der Waals surface area contributed by atoms with Gasteiger partial charge in [0.25, 0.3) is 0 Å². The number of hydrogen-bond acceptors (Lipinski definition) is 3. The second-order valence-corrected chi connectivity index (χ2v) is 6.93. The first-order valence-corrected chi connectivity index (χ1v) is 9.35. The van der Waals surface area contributed by atoms with E-state index < -0.39 is 5.97 Å². The van der Waals surface area contributed by atoms with Crippen molar-refractivity contribution in [1.29, 1.82) is 0 Å². The molecule has 6 heteroatoms. The first-order chi connectivity index (χ1) is 12.5. The third kappa shape index (κ3) is 7.25. The fourth-order valence-electron chi connectivity index (χ4n) is 3.38. The molecule has 1 fully saturated rings. The molecule has 0 atom stereocenters. The van der Waals surface area contributed by atoms with E-state index in [1.165, 1.54) is 24.2 Å². The molecule has 1 saturated carbocycles. The first kappa shape index (κ1) is 19.9. The Kier molecular flexibility index (Phi) is 8.12. The van der Waals surface area contributed by atoms with E-state index in [0.717, 1.165) is 18.4 Å². The third-order valence-corrected chi connectivity index (χ3v) is 4.83. The van der Waals surface area contributed by atoms with Crippen molar-refractivity contribution in [2.45, 2.75) is 44.9 Å². The van der Waals surface area contributed by atoms with E-state index in [0.29, 0.717) is 25.3 Å². The number of aliphatic carboxylic acids is 1. The van der Waals surface area contributed by atoms with Gasteiger partial charge >= 0.3 is 5.97 Å². The summed E-state index contributed by atoms with van der Waals surface area (Å²) >= 11 is 0. The number of nitrogens with zero attached hydrogens (tertiary/aromatic N) is 1. The van der Waals surface area contributed by atoms with Gasteiger partial charge in [-0.2, -0.15) is 0 Å². The van der Waals surface area contributed by atoms with Crippen LogP contribution in [0.5, 0.6) is 0 Å². The van der Waals surface area contributed by atoms with Gasteiger partial charge in [-0.15, -0.1) is 0 Å². The van der Waals surface area contributed by atoms with Crippen LogP contribution in [-0.2, 0) is 20.8 Å². The molecule has 0 spiro atoms. The molecule has 0 radical (unpaired) electrons. The SMILES string of the molecule is O=C(O)CN(CCc1ccccc1)C(=O)CNC(=O)CC1CCCCC1. The Morgan fingerprint density at radius 3 is 2.42 bits per heavy atom. The molecule has 2 N–H and O–H groups in total. The van der Waals surface area contributed by atoms with Crippen molar-refractivity contribution in [2.24, 2.45) is 5.92 Å². The number of hydrogen-bond donors (Lipinski definition) is 2. The molecule has 142 valence electrons. The number of carbonyl (C=O) groups is 3. The van der Waals surface area contributed by atoms with E-state index in [-0.39, 0.29) is 24.9 Å². The van der Waals surface area contributed by atoms with Crippen LogP contribution in [0.3, 0.4) is 0 Å². The molecule has 1 aromatic carbocycles. The summed E-state index contributed by atoms with van der Waals surface area (Å²) < 4.78 is 0. The van der Waals surface area contributed by atoms with Crippen LogP contribution in [0.2, 0.25) is 0 Å². The van der Waals surface area contributed by atoms with E-state index in [9.17, 15) is 14.4 Å². The molecule has 2 amide bonds. The van der Waals surface area contributed by atoms with E-state index in [4.69, 9.17) is 5.11 Å². The van der Waals surface area contributed by atoms with Crippen molar-refractivity contribution in [3.8, 4) is 0 Å². The largest absolute Gasteiger partial charge is 0.480 e. The number of carbonyl (C=O) groups excluding carboxylic acids is 2. The lowest BCUT2D eigenvalue weighted by atomic mass is 9.87. The lowest BCUT2D eigenvalue weighted by Gasteiger charge is -2.22. The summed E-state index contributed by atoms with van der Waals surface area (Å²) in [5, 5.41) is 11.7. The highest BCUT2D eigenvalue weighted by molar-refractivity contribution is 5.86. The van der Waals surface area contributed by atoms with Gasteiger partial charge in [0.2, 0.25) is 11.8 Å². The fraction of sp³-hybridized carbons (Fsp3) is 0.550. The molecule has 1 aliphatic rings. The normalized spacial score (nSPS) is 14.6. The molecule has 0 unspecified atom stereocenters. The van der Waals surface area contributed by atoms with Gasteiger partial charge in [-0.05, 0) is 30.7 Å². The summed E-state index contributed by atoms with van der Waals surface area (Å²) in [6, 6.07) is 9.60. The summed E-state index contributed by atoms with van der Waals surface area (Å²) in [4.78, 5) is 36.7. The highest BCUT2D eigenvalue weighted by Gasteiger charge is 2.20. The lowest BCUT2D eigenvalue weighted by Crippen LogP contribution is -2.43. The molecule has 1 aliphatic carbocycles. The predicted octanol–water partition coefficient (Wildman–Crippen LogP) is 2.23. The maximum Gasteiger partial charge on any atom is 0.323 e. The van der Waals surface area contributed by atoms with Crippen LogP contribution in [0.25, 0.3) is 0 Å². The van der Waals surface area contributed by atoms with Crippen LogP contribution in [0, 0.1) is 5.92 Å². The Morgan fingerprint density at radius 1 is 1.08 bits per heavy atom. The molecule has 26 heavy (non-hydrogen) atoms. The van der Waals surface area contributed by atoms with Gasteiger partial charge in [-0.25, -0.2) is 0 Å². The zero-order valence-electron chi connectivity index (χ0n) is 15.2. The zero-order valence-corrected chi connectivity index (χ0v) is 15.2. The Bertz CT molecular complexity index is 597. The van der Waals surface area contributed by atoms with Crippen LogP contribution in [-0.4, -0.2) is 47.4 Å². The van der Waals surface area contributed by atoms with Crippen molar-refractivity contribution in [2.75, 3.05) is 19.6 Å². The van der Waals surface area contributed by atoms with Gasteiger partial charge in [0.1, 0.15) is 6.54 Å². The highest BCUT2D eigenvalue weighted by Crippen LogP contribution is 2.25. The van der Waals surface area contributed by atoms with Gasteiger partial charge in [0, 0.05) is 13.0 Å². The van der Waals surface area contributed by atoms with E-state index in [2.05, 4.69) is 5.32 Å². The van der Waals surface area contributed by atoms with Crippen LogP contribution < -0.4 is 5.32 Å². The lowest BCUT2D eigenvalue weighted by molar-refractivity contribution is -0.144. The first-order valence-electron chi connectivity index (χ1n) is 9.35. The van der Waals surface area contributed by atoms with Gasteiger partial charge in [0.05, 0.1) is 6.54 Å². The number of rotatable bonds is 9. The van der Waals surface area contributed by atoms with Crippen molar-refractivity contribution in [3.05, 3.63) is 35.9 Å². The quantitative estimate of drug-likeness (QED) is 0.707. The van der Waals surface area contributed by atoms with Crippen LogP contribution in [0.15, 0.2) is 30.3 Å². The standard InChI is InChI=1S/C20H28N2O4/c23-18(13-17-9-5-2-6-10-17)21-14-19(24)22(15-20(25)26)12-11-16-7-3-1-4-8-16/h1,3-4,7-8,17H,2,5-6,9-15H2,(H,21,23)(H,25,26). The number of carboxylic acid groups (broad SMARTS) is 1. The molecular formula is C20H28N2O4. The third-order valence-electron chi connectivity index (χ3n) is 4.83. The summed E-state index contributed by atoms with van der Waals surface area (Å²) in [7, 11) is 0. The minimum Gasteiger partial charge on any atom is -0.480 e. The van der Waals surface area contributed by atoms with Crippen molar-refractivity contribution >= 4 is 17.8 Å².